The molecule has 0 atom stereocenters. The summed E-state index contributed by atoms with van der Waals surface area (Å²) in [6.45, 7) is 0. The van der Waals surface area contributed by atoms with E-state index in [0.29, 0.717) is 11.3 Å². The lowest BCUT2D eigenvalue weighted by Gasteiger charge is -2.05. The molecule has 0 aromatic heterocycles. The lowest BCUT2D eigenvalue weighted by molar-refractivity contribution is 0.589. The number of nitrogens with one attached hydrogen (secondary N) is 1. The summed E-state index contributed by atoms with van der Waals surface area (Å²) in [5, 5.41) is 12.2. The van der Waals surface area contributed by atoms with Crippen molar-refractivity contribution in [1.29, 1.82) is 0 Å². The molecule has 0 saturated carbocycles. The van der Waals surface area contributed by atoms with Gasteiger partial charge in [0, 0.05) is 5.56 Å². The third-order valence-electron chi connectivity index (χ3n) is 3.28. The minimum absolute atomic E-state index is 0.201. The monoisotopic (exact) mass is 336 g/mol. The lowest BCUT2D eigenvalue weighted by atomic mass is 10.2. The van der Waals surface area contributed by atoms with Gasteiger partial charge in [0.25, 0.3) is 0 Å². The SMILES string of the molecule is Fc1cccc(F)c1N/N=C(\N=N\c1ccccc1)c1ccccc1. The Balaban J connectivity index is 1.93. The summed E-state index contributed by atoms with van der Waals surface area (Å²) in [6, 6.07) is 21.7. The summed E-state index contributed by atoms with van der Waals surface area (Å²) in [6.07, 6.45) is 0. The van der Waals surface area contributed by atoms with E-state index in [9.17, 15) is 8.78 Å². The topological polar surface area (TPSA) is 49.1 Å². The van der Waals surface area contributed by atoms with Crippen LogP contribution in [0.3, 0.4) is 0 Å². The van der Waals surface area contributed by atoms with E-state index in [0.717, 1.165) is 12.1 Å². The predicted molar refractivity (Wildman–Crippen MR) is 93.9 cm³/mol. The molecule has 3 aromatic carbocycles. The number of nitrogens with zero attached hydrogens (tertiary/aromatic N) is 3. The fourth-order valence-electron chi connectivity index (χ4n) is 2.05. The van der Waals surface area contributed by atoms with Crippen LogP contribution < -0.4 is 5.43 Å². The van der Waals surface area contributed by atoms with Gasteiger partial charge in [0.15, 0.2) is 11.6 Å². The van der Waals surface area contributed by atoms with Crippen LogP contribution in [0.4, 0.5) is 20.2 Å². The van der Waals surface area contributed by atoms with Gasteiger partial charge in [-0.2, -0.15) is 5.10 Å². The maximum atomic E-state index is 13.7. The molecule has 1 N–H and O–H groups in total. The Morgan fingerprint density at radius 1 is 0.720 bits per heavy atom. The molecule has 0 aliphatic heterocycles. The molecular formula is C19H14F2N4. The van der Waals surface area contributed by atoms with Gasteiger partial charge in [-0.25, -0.2) is 8.78 Å². The van der Waals surface area contributed by atoms with Gasteiger partial charge in [-0.3, -0.25) is 5.43 Å². The highest BCUT2D eigenvalue weighted by Crippen LogP contribution is 2.19. The zero-order valence-electron chi connectivity index (χ0n) is 13.1. The van der Waals surface area contributed by atoms with Gasteiger partial charge >= 0.3 is 0 Å². The number of benzene rings is 3. The number of hydrazone groups is 1. The van der Waals surface area contributed by atoms with Crippen LogP contribution in [0.2, 0.25) is 0 Å². The Bertz CT molecular complexity index is 874. The van der Waals surface area contributed by atoms with Gasteiger partial charge < -0.3 is 0 Å². The van der Waals surface area contributed by atoms with Crippen molar-refractivity contribution in [2.45, 2.75) is 0 Å². The van der Waals surface area contributed by atoms with Crippen LogP contribution in [0.15, 0.2) is 94.2 Å². The number of amidine groups is 1. The predicted octanol–water partition coefficient (Wildman–Crippen LogP) is 5.52. The molecule has 0 amide bonds. The summed E-state index contributed by atoms with van der Waals surface area (Å²) < 4.78 is 27.5. The second kappa shape index (κ2) is 7.92. The smallest absolute Gasteiger partial charge is 0.201 e. The molecule has 0 unspecified atom stereocenters. The van der Waals surface area contributed by atoms with Crippen LogP contribution in [0.1, 0.15) is 5.56 Å². The molecule has 0 aliphatic rings. The molecule has 25 heavy (non-hydrogen) atoms. The fraction of sp³-hybridized carbons (Fsp3) is 0. The Morgan fingerprint density at radius 2 is 1.32 bits per heavy atom. The molecule has 4 nitrogen and oxygen atoms in total. The van der Waals surface area contributed by atoms with Crippen LogP contribution in [0, 0.1) is 11.6 Å². The van der Waals surface area contributed by atoms with E-state index in [-0.39, 0.29) is 11.5 Å². The highest BCUT2D eigenvalue weighted by molar-refractivity contribution is 5.99. The third-order valence-corrected chi connectivity index (χ3v) is 3.28. The molecular weight excluding hydrogens is 322 g/mol. The van der Waals surface area contributed by atoms with E-state index in [4.69, 9.17) is 0 Å². The van der Waals surface area contributed by atoms with Gasteiger partial charge in [0.2, 0.25) is 5.84 Å². The summed E-state index contributed by atoms with van der Waals surface area (Å²) in [4.78, 5) is 0. The van der Waals surface area contributed by atoms with Gasteiger partial charge in [0.05, 0.1) is 5.69 Å². The zero-order valence-corrected chi connectivity index (χ0v) is 13.1. The molecule has 0 fully saturated rings. The van der Waals surface area contributed by atoms with Gasteiger partial charge in [0.1, 0.15) is 5.69 Å². The van der Waals surface area contributed by atoms with Crippen molar-refractivity contribution in [3.8, 4) is 0 Å². The molecule has 0 bridgehead atoms. The molecule has 124 valence electrons. The second-order valence-electron chi connectivity index (χ2n) is 5.05. The maximum Gasteiger partial charge on any atom is 0.201 e. The number of azo groups is 1. The van der Waals surface area contributed by atoms with E-state index in [1.54, 1.807) is 24.3 Å². The van der Waals surface area contributed by atoms with E-state index in [2.05, 4.69) is 20.8 Å². The van der Waals surface area contributed by atoms with Gasteiger partial charge in [-0.1, -0.05) is 54.6 Å². The molecule has 3 rings (SSSR count). The molecule has 0 aliphatic carbocycles. The maximum absolute atomic E-state index is 13.7. The van der Waals surface area contributed by atoms with Crippen LogP contribution in [-0.2, 0) is 0 Å². The summed E-state index contributed by atoms with van der Waals surface area (Å²) in [5.74, 6) is -1.28. The van der Waals surface area contributed by atoms with Crippen LogP contribution >= 0.6 is 0 Å². The van der Waals surface area contributed by atoms with Crippen molar-refractivity contribution in [3.05, 3.63) is 96.1 Å². The zero-order chi connectivity index (χ0) is 17.5. The normalized spacial score (nSPS) is 11.7. The van der Waals surface area contributed by atoms with Crippen molar-refractivity contribution in [1.82, 2.24) is 0 Å². The first kappa shape index (κ1) is 16.4. The number of halogens is 2. The Labute approximate surface area is 143 Å². The summed E-state index contributed by atoms with van der Waals surface area (Å²) >= 11 is 0. The first-order valence-electron chi connectivity index (χ1n) is 7.54. The third kappa shape index (κ3) is 4.32. The highest BCUT2D eigenvalue weighted by atomic mass is 19.1. The molecule has 0 heterocycles. The highest BCUT2D eigenvalue weighted by Gasteiger charge is 2.08. The minimum Gasteiger partial charge on any atom is -0.270 e. The largest absolute Gasteiger partial charge is 0.270 e. The lowest BCUT2D eigenvalue weighted by Crippen LogP contribution is -2.03. The number of anilines is 1. The second-order valence-corrected chi connectivity index (χ2v) is 5.05. The summed E-state index contributed by atoms with van der Waals surface area (Å²) in [7, 11) is 0. The molecule has 0 saturated heterocycles. The van der Waals surface area contributed by atoms with Gasteiger partial charge in [-0.15, -0.1) is 10.2 Å². The van der Waals surface area contributed by atoms with E-state index < -0.39 is 11.6 Å². The molecule has 6 heteroatoms. The van der Waals surface area contributed by atoms with E-state index in [1.807, 2.05) is 36.4 Å². The van der Waals surface area contributed by atoms with Crippen molar-refractivity contribution in [2.75, 3.05) is 5.43 Å². The minimum atomic E-state index is -0.740. The first-order chi connectivity index (χ1) is 12.2. The van der Waals surface area contributed by atoms with Crippen molar-refractivity contribution < 1.29 is 8.78 Å². The average molecular weight is 336 g/mol. The van der Waals surface area contributed by atoms with E-state index >= 15 is 0 Å². The Hall–Kier alpha value is -3.41. The van der Waals surface area contributed by atoms with E-state index in [1.165, 1.54) is 6.07 Å². The van der Waals surface area contributed by atoms with Gasteiger partial charge in [-0.05, 0) is 24.3 Å². The average Bonchev–Trinajstić information content (AvgIpc) is 2.65. The summed E-state index contributed by atoms with van der Waals surface area (Å²) in [5.41, 5.74) is 3.36. The Morgan fingerprint density at radius 3 is 1.96 bits per heavy atom. The first-order valence-corrected chi connectivity index (χ1v) is 7.54. The number of para-hydroxylation sites is 1. The number of rotatable bonds is 4. The van der Waals surface area contributed by atoms with Crippen molar-refractivity contribution in [2.24, 2.45) is 15.3 Å². The molecule has 0 spiro atoms. The quantitative estimate of drug-likeness (QED) is 0.290. The molecule has 0 radical (unpaired) electrons. The van der Waals surface area contributed by atoms with Crippen LogP contribution in [0.25, 0.3) is 0 Å². The van der Waals surface area contributed by atoms with Crippen LogP contribution in [-0.4, -0.2) is 5.84 Å². The standard InChI is InChI=1S/C19H14F2N4/c20-16-12-7-13-17(21)18(16)23-25-19(14-8-3-1-4-9-14)24-22-15-10-5-2-6-11-15/h1-13,23H/b24-22+,25-19-. The van der Waals surface area contributed by atoms with Crippen molar-refractivity contribution in [3.63, 3.8) is 0 Å². The number of hydrogen-bond donors (Lipinski definition) is 1. The van der Waals surface area contributed by atoms with Crippen molar-refractivity contribution >= 4 is 17.2 Å². The Kier molecular flexibility index (Phi) is 5.21. The number of hydrogen-bond acceptors (Lipinski definition) is 3. The molecule has 3 aromatic rings. The van der Waals surface area contributed by atoms with Crippen LogP contribution in [0.5, 0.6) is 0 Å². The fourth-order valence-corrected chi connectivity index (χ4v) is 2.05.